The Labute approximate surface area is 81.6 Å². The first-order valence-corrected chi connectivity index (χ1v) is 8.17. The van der Waals surface area contributed by atoms with Crippen molar-refractivity contribution < 1.29 is 14.0 Å². The lowest BCUT2D eigenvalue weighted by Crippen LogP contribution is -2.34. The number of esters is 1. The topological polar surface area (TPSA) is 35.5 Å². The Morgan fingerprint density at radius 2 is 1.85 bits per heavy atom. The molecule has 0 aromatic rings. The van der Waals surface area contributed by atoms with Crippen LogP contribution in [0.15, 0.2) is 0 Å². The van der Waals surface area contributed by atoms with Gasteiger partial charge in [-0.05, 0) is 19.6 Å². The Bertz CT molecular complexity index is 163. The zero-order valence-electron chi connectivity index (χ0n) is 9.22. The Morgan fingerprint density at radius 1 is 1.31 bits per heavy atom. The van der Waals surface area contributed by atoms with Crippen LogP contribution in [0, 0.1) is 0 Å². The molecule has 0 N–H and O–H groups in total. The van der Waals surface area contributed by atoms with Crippen LogP contribution in [0.1, 0.15) is 26.7 Å². The highest BCUT2D eigenvalue weighted by molar-refractivity contribution is 6.69. The van der Waals surface area contributed by atoms with Gasteiger partial charge in [0.25, 0.3) is 0 Å². The lowest BCUT2D eigenvalue weighted by atomic mass is 10.4. The molecule has 0 fully saturated rings. The minimum atomic E-state index is -1.60. The van der Waals surface area contributed by atoms with E-state index in [2.05, 4.69) is 19.6 Å². The van der Waals surface area contributed by atoms with E-state index in [-0.39, 0.29) is 12.3 Å². The average Bonchev–Trinajstić information content (AvgIpc) is 2.00. The van der Waals surface area contributed by atoms with Crippen LogP contribution >= 0.6 is 0 Å². The molecule has 0 amide bonds. The van der Waals surface area contributed by atoms with Crippen molar-refractivity contribution in [3.63, 3.8) is 0 Å². The van der Waals surface area contributed by atoms with Crippen molar-refractivity contribution in [2.24, 2.45) is 0 Å². The maximum Gasteiger partial charge on any atom is 0.307 e. The molecule has 0 aliphatic carbocycles. The molecule has 0 rings (SSSR count). The van der Waals surface area contributed by atoms with E-state index in [1.165, 1.54) is 0 Å². The van der Waals surface area contributed by atoms with E-state index < -0.39 is 8.32 Å². The molecule has 0 bridgehead atoms. The summed E-state index contributed by atoms with van der Waals surface area (Å²) in [6.45, 7) is 9.97. The van der Waals surface area contributed by atoms with Crippen molar-refractivity contribution in [3.8, 4) is 0 Å². The van der Waals surface area contributed by atoms with E-state index in [4.69, 9.17) is 9.16 Å². The molecule has 0 aromatic heterocycles. The predicted octanol–water partition coefficient (Wildman–Crippen LogP) is 2.53. The van der Waals surface area contributed by atoms with Crippen LogP contribution in [0.25, 0.3) is 0 Å². The molecular formula is C9H20O3Si. The monoisotopic (exact) mass is 204 g/mol. The summed E-state index contributed by atoms with van der Waals surface area (Å²) in [6, 6.07) is 0. The maximum atomic E-state index is 11.0. The molecule has 0 saturated carbocycles. The highest BCUT2D eigenvalue weighted by Crippen LogP contribution is 2.11. The number of carbonyl (C=O) groups is 1. The van der Waals surface area contributed by atoms with Gasteiger partial charge in [-0.25, -0.2) is 0 Å². The smallest absolute Gasteiger partial charge is 0.307 e. The van der Waals surface area contributed by atoms with E-state index in [9.17, 15) is 4.79 Å². The second-order valence-corrected chi connectivity index (χ2v) is 8.37. The largest absolute Gasteiger partial charge is 0.437 e. The first kappa shape index (κ1) is 12.6. The van der Waals surface area contributed by atoms with Crippen LogP contribution in [-0.4, -0.2) is 20.6 Å². The summed E-state index contributed by atoms with van der Waals surface area (Å²) < 4.78 is 10.8. The van der Waals surface area contributed by atoms with Crippen molar-refractivity contribution >= 4 is 14.3 Å². The van der Waals surface area contributed by atoms with E-state index in [0.29, 0.717) is 6.42 Å². The summed E-state index contributed by atoms with van der Waals surface area (Å²) in [7, 11) is -1.60. The first-order chi connectivity index (χ1) is 5.89. The second kappa shape index (κ2) is 5.39. The number of hydrogen-bond acceptors (Lipinski definition) is 3. The number of hydrogen-bond donors (Lipinski definition) is 0. The Morgan fingerprint density at radius 3 is 2.15 bits per heavy atom. The summed E-state index contributed by atoms with van der Waals surface area (Å²) in [5.41, 5.74) is 0. The molecule has 0 spiro atoms. The number of ether oxygens (including phenoxy) is 1. The van der Waals surface area contributed by atoms with E-state index in [0.717, 1.165) is 6.42 Å². The molecule has 1 unspecified atom stereocenters. The van der Waals surface area contributed by atoms with E-state index in [1.807, 2.05) is 6.92 Å². The van der Waals surface area contributed by atoms with Crippen LogP contribution in [0.3, 0.4) is 0 Å². The second-order valence-electron chi connectivity index (χ2n) is 3.91. The van der Waals surface area contributed by atoms with Crippen molar-refractivity contribution in [1.29, 1.82) is 0 Å². The van der Waals surface area contributed by atoms with Gasteiger partial charge in [0.2, 0.25) is 0 Å². The van der Waals surface area contributed by atoms with Gasteiger partial charge in [-0.3, -0.25) is 4.79 Å². The van der Waals surface area contributed by atoms with Crippen molar-refractivity contribution in [3.05, 3.63) is 0 Å². The Hall–Kier alpha value is -0.353. The lowest BCUT2D eigenvalue weighted by molar-refractivity contribution is -0.164. The van der Waals surface area contributed by atoms with Crippen molar-refractivity contribution in [2.45, 2.75) is 52.6 Å². The van der Waals surface area contributed by atoms with Gasteiger partial charge in [0.05, 0.1) is 0 Å². The number of rotatable bonds is 5. The minimum absolute atomic E-state index is 0.190. The molecule has 0 radical (unpaired) electrons. The van der Waals surface area contributed by atoms with Gasteiger partial charge in [0.1, 0.15) is 0 Å². The van der Waals surface area contributed by atoms with Crippen LogP contribution in [0.5, 0.6) is 0 Å². The van der Waals surface area contributed by atoms with Crippen molar-refractivity contribution in [1.82, 2.24) is 0 Å². The number of carbonyl (C=O) groups excluding carboxylic acids is 1. The normalized spacial score (nSPS) is 13.9. The van der Waals surface area contributed by atoms with E-state index >= 15 is 0 Å². The van der Waals surface area contributed by atoms with Crippen LogP contribution in [0.4, 0.5) is 0 Å². The molecule has 0 saturated heterocycles. The van der Waals surface area contributed by atoms with Crippen LogP contribution < -0.4 is 0 Å². The summed E-state index contributed by atoms with van der Waals surface area (Å²) >= 11 is 0. The summed E-state index contributed by atoms with van der Waals surface area (Å²) in [5, 5.41) is 0. The quantitative estimate of drug-likeness (QED) is 0.392. The molecule has 1 atom stereocenters. The summed E-state index contributed by atoms with van der Waals surface area (Å²) in [5.74, 6) is -0.190. The molecule has 3 nitrogen and oxygen atoms in total. The van der Waals surface area contributed by atoms with Gasteiger partial charge in [-0.1, -0.05) is 13.8 Å². The zero-order valence-corrected chi connectivity index (χ0v) is 10.2. The fourth-order valence-electron chi connectivity index (χ4n) is 0.815. The fourth-order valence-corrected chi connectivity index (χ4v) is 1.82. The van der Waals surface area contributed by atoms with Crippen molar-refractivity contribution in [2.75, 3.05) is 0 Å². The lowest BCUT2D eigenvalue weighted by Gasteiger charge is -2.24. The third-order valence-electron chi connectivity index (χ3n) is 1.37. The fraction of sp³-hybridized carbons (Fsp3) is 0.889. The van der Waals surface area contributed by atoms with E-state index in [1.54, 1.807) is 6.92 Å². The van der Waals surface area contributed by atoms with Gasteiger partial charge in [0, 0.05) is 12.8 Å². The molecule has 13 heavy (non-hydrogen) atoms. The van der Waals surface area contributed by atoms with Gasteiger partial charge in [-0.15, -0.1) is 0 Å². The third kappa shape index (κ3) is 6.78. The van der Waals surface area contributed by atoms with Crippen LogP contribution in [-0.2, 0) is 14.0 Å². The Balaban J connectivity index is 3.97. The van der Waals surface area contributed by atoms with Gasteiger partial charge in [-0.2, -0.15) is 0 Å². The summed E-state index contributed by atoms with van der Waals surface area (Å²) in [4.78, 5) is 11.0. The molecular weight excluding hydrogens is 184 g/mol. The van der Waals surface area contributed by atoms with Crippen LogP contribution in [0.2, 0.25) is 19.6 Å². The maximum absolute atomic E-state index is 11.0. The van der Waals surface area contributed by atoms with Gasteiger partial charge >= 0.3 is 5.97 Å². The Kier molecular flexibility index (Phi) is 5.25. The molecule has 0 heterocycles. The van der Waals surface area contributed by atoms with Gasteiger partial charge < -0.3 is 9.16 Å². The zero-order chi connectivity index (χ0) is 10.5. The molecule has 4 heteroatoms. The molecule has 78 valence electrons. The minimum Gasteiger partial charge on any atom is -0.437 e. The van der Waals surface area contributed by atoms with Gasteiger partial charge in [0.15, 0.2) is 14.6 Å². The average molecular weight is 204 g/mol. The molecule has 0 aromatic carbocycles. The highest BCUT2D eigenvalue weighted by Gasteiger charge is 2.21. The standard InChI is InChI=1S/C9H20O3Si/c1-6-8(10)11-9(7-2)12-13(3,4)5/h9H,6-7H2,1-5H3. The predicted molar refractivity (Wildman–Crippen MR) is 54.9 cm³/mol. The molecule has 0 aliphatic heterocycles. The first-order valence-electron chi connectivity index (χ1n) is 4.76. The SMILES string of the molecule is CCC(=O)OC(CC)O[Si](C)(C)C. The third-order valence-corrected chi connectivity index (χ3v) is 2.34. The molecule has 0 aliphatic rings. The highest BCUT2D eigenvalue weighted by atomic mass is 28.4. The summed E-state index contributed by atoms with van der Waals surface area (Å²) in [6.07, 6.45) is 0.779.